The number of halogens is 2. The van der Waals surface area contributed by atoms with Crippen molar-refractivity contribution in [1.82, 2.24) is 4.57 Å². The fourth-order valence-electron chi connectivity index (χ4n) is 5.40. The van der Waals surface area contributed by atoms with Crippen molar-refractivity contribution in [1.29, 1.82) is 0 Å². The molecule has 3 heterocycles. The van der Waals surface area contributed by atoms with E-state index in [-0.39, 0.29) is 28.0 Å². The van der Waals surface area contributed by atoms with Crippen LogP contribution in [0.15, 0.2) is 76.6 Å². The van der Waals surface area contributed by atoms with Gasteiger partial charge in [-0.25, -0.2) is 4.90 Å². The Labute approximate surface area is 262 Å². The second kappa shape index (κ2) is 11.3. The van der Waals surface area contributed by atoms with Gasteiger partial charge in [0.05, 0.1) is 31.6 Å². The van der Waals surface area contributed by atoms with E-state index in [0.29, 0.717) is 21.2 Å². The second-order valence-electron chi connectivity index (χ2n) is 10.0. The summed E-state index contributed by atoms with van der Waals surface area (Å²) in [4.78, 5) is 65.9. The monoisotopic (exact) mass is 654 g/mol. The molecule has 2 aliphatic heterocycles. The molecule has 10 nitrogen and oxygen atoms in total. The Hall–Kier alpha value is -3.97. The second-order valence-corrected chi connectivity index (χ2v) is 12.9. The molecule has 3 amide bonds. The first-order valence-electron chi connectivity index (χ1n) is 12.9. The molecule has 3 atom stereocenters. The summed E-state index contributed by atoms with van der Waals surface area (Å²) in [6, 6.07) is 17.3. The van der Waals surface area contributed by atoms with E-state index in [1.807, 2.05) is 13.0 Å². The molecule has 2 aliphatic rings. The zero-order valence-corrected chi connectivity index (χ0v) is 25.3. The van der Waals surface area contributed by atoms with Gasteiger partial charge in [-0.1, -0.05) is 70.6 Å². The number of aromatic nitrogens is 1. The van der Waals surface area contributed by atoms with Crippen molar-refractivity contribution in [2.24, 2.45) is 5.92 Å². The third-order valence-corrected chi connectivity index (χ3v) is 10.7. The van der Waals surface area contributed by atoms with Crippen molar-refractivity contribution in [3.05, 3.63) is 113 Å². The summed E-state index contributed by atoms with van der Waals surface area (Å²) >= 11 is 14.9. The molecule has 43 heavy (non-hydrogen) atoms. The molecule has 1 aromatic heterocycles. The molecule has 0 bridgehead atoms. The van der Waals surface area contributed by atoms with Gasteiger partial charge in [0, 0.05) is 28.6 Å². The number of nitrogens with one attached hydrogen (secondary N) is 1. The van der Waals surface area contributed by atoms with Crippen LogP contribution in [0.1, 0.15) is 21.9 Å². The molecule has 4 aromatic rings. The van der Waals surface area contributed by atoms with Crippen molar-refractivity contribution in [3.8, 4) is 0 Å². The van der Waals surface area contributed by atoms with Gasteiger partial charge in [-0.15, -0.1) is 0 Å². The van der Waals surface area contributed by atoms with Gasteiger partial charge in [0.15, 0.2) is 0 Å². The lowest BCUT2D eigenvalue weighted by atomic mass is 9.83. The van der Waals surface area contributed by atoms with Crippen LogP contribution in [0.5, 0.6) is 0 Å². The summed E-state index contributed by atoms with van der Waals surface area (Å²) in [5.41, 5.74) is 2.00. The Balaban J connectivity index is 1.43. The number of non-ortho nitro benzene ring substituents is 1. The van der Waals surface area contributed by atoms with Crippen molar-refractivity contribution in [3.63, 3.8) is 0 Å². The molecule has 3 aromatic carbocycles. The Morgan fingerprint density at radius 3 is 2.44 bits per heavy atom. The van der Waals surface area contributed by atoms with E-state index in [1.54, 1.807) is 36.4 Å². The summed E-state index contributed by atoms with van der Waals surface area (Å²) in [6.45, 7) is 1.58. The van der Waals surface area contributed by atoms with Gasteiger partial charge in [0.1, 0.15) is 11.8 Å². The van der Waals surface area contributed by atoms with Gasteiger partial charge in [-0.2, -0.15) is 0 Å². The average molecular weight is 656 g/mol. The lowest BCUT2D eigenvalue weighted by Crippen LogP contribution is -2.33. The lowest BCUT2D eigenvalue weighted by molar-refractivity contribution is -0.384. The Kier molecular flexibility index (Phi) is 7.63. The van der Waals surface area contributed by atoms with Crippen LogP contribution in [0.2, 0.25) is 10.0 Å². The fourth-order valence-corrected chi connectivity index (χ4v) is 8.59. The summed E-state index contributed by atoms with van der Waals surface area (Å²) < 4.78 is 1.31. The SMILES string of the molecule is Cc1cccc(NC(=O)Cn2c3c(sc2=O)[C@@H](c2cccc(Cl)c2Cl)[C@@H]2C(=O)N(c4ccc([N+](=O)[O-])cc4)C(=O)[C@@H]2S3)c1. The van der Waals surface area contributed by atoms with Gasteiger partial charge < -0.3 is 5.32 Å². The summed E-state index contributed by atoms with van der Waals surface area (Å²) in [6.07, 6.45) is 0. The summed E-state index contributed by atoms with van der Waals surface area (Å²) in [5.74, 6) is -3.28. The molecule has 0 saturated carbocycles. The zero-order valence-electron chi connectivity index (χ0n) is 22.2. The Morgan fingerprint density at radius 2 is 1.74 bits per heavy atom. The molecule has 1 saturated heterocycles. The Bertz CT molecular complexity index is 1890. The number of nitro groups is 1. The summed E-state index contributed by atoms with van der Waals surface area (Å²) in [5, 5.41) is 13.8. The first-order chi connectivity index (χ1) is 20.5. The van der Waals surface area contributed by atoms with E-state index in [1.165, 1.54) is 28.8 Å². The fraction of sp³-hybridized carbons (Fsp3) is 0.172. The van der Waals surface area contributed by atoms with Crippen LogP contribution in [-0.4, -0.2) is 32.5 Å². The molecule has 0 radical (unpaired) electrons. The maximum atomic E-state index is 14.0. The highest BCUT2D eigenvalue weighted by atomic mass is 35.5. The standard InChI is InChI=1S/C29H20Cl2N4O6S2/c1-14-4-2-5-15(12-14)32-20(36)13-33-28-25(43-29(33)39)21(18-6-3-7-19(30)23(18)31)22-24(42-28)27(38)34(26(22)37)16-8-10-17(11-9-16)35(40)41/h2-12,21-22,24H,13H2,1H3,(H,32,36)/t21-,22-,24+/m0/s1. The number of rotatable bonds is 6. The van der Waals surface area contributed by atoms with Gasteiger partial charge in [-0.3, -0.25) is 33.9 Å². The molecule has 14 heteroatoms. The van der Waals surface area contributed by atoms with E-state index < -0.39 is 44.6 Å². The number of nitrogens with zero attached hydrogens (tertiary/aromatic N) is 3. The molecular weight excluding hydrogens is 635 g/mol. The van der Waals surface area contributed by atoms with Crippen molar-refractivity contribution >= 4 is 81.1 Å². The zero-order chi connectivity index (χ0) is 30.6. The number of nitro benzene ring substituents is 1. The molecular formula is C29H20Cl2N4O6S2. The minimum Gasteiger partial charge on any atom is -0.325 e. The van der Waals surface area contributed by atoms with Crippen molar-refractivity contribution in [2.75, 3.05) is 10.2 Å². The van der Waals surface area contributed by atoms with Crippen LogP contribution in [0, 0.1) is 23.0 Å². The number of thioether (sulfide) groups is 1. The van der Waals surface area contributed by atoms with E-state index in [4.69, 9.17) is 23.2 Å². The highest BCUT2D eigenvalue weighted by molar-refractivity contribution is 8.00. The van der Waals surface area contributed by atoms with E-state index in [9.17, 15) is 29.3 Å². The molecule has 0 unspecified atom stereocenters. The minimum atomic E-state index is -0.963. The quantitative estimate of drug-likeness (QED) is 0.156. The largest absolute Gasteiger partial charge is 0.325 e. The third kappa shape index (κ3) is 5.14. The number of carbonyl (C=O) groups excluding carboxylic acids is 3. The van der Waals surface area contributed by atoms with Gasteiger partial charge >= 0.3 is 4.87 Å². The minimum absolute atomic E-state index is 0.185. The van der Waals surface area contributed by atoms with Crippen LogP contribution >= 0.6 is 46.3 Å². The van der Waals surface area contributed by atoms with Crippen molar-refractivity contribution < 1.29 is 19.3 Å². The number of carbonyl (C=O) groups is 3. The number of fused-ring (bicyclic) bond motifs is 2. The molecule has 1 fully saturated rings. The molecule has 1 N–H and O–H groups in total. The van der Waals surface area contributed by atoms with Crippen LogP contribution in [-0.2, 0) is 20.9 Å². The van der Waals surface area contributed by atoms with Crippen LogP contribution in [0.4, 0.5) is 17.1 Å². The van der Waals surface area contributed by atoms with Gasteiger partial charge in [-0.05, 0) is 48.4 Å². The number of hydrogen-bond donors (Lipinski definition) is 1. The number of imide groups is 1. The topological polar surface area (TPSA) is 132 Å². The van der Waals surface area contributed by atoms with E-state index in [0.717, 1.165) is 33.6 Å². The molecule has 218 valence electrons. The number of amides is 3. The van der Waals surface area contributed by atoms with Gasteiger partial charge in [0.25, 0.3) is 5.69 Å². The van der Waals surface area contributed by atoms with Crippen molar-refractivity contribution in [2.45, 2.75) is 29.7 Å². The average Bonchev–Trinajstić information content (AvgIpc) is 3.41. The van der Waals surface area contributed by atoms with Crippen LogP contribution < -0.4 is 15.1 Å². The van der Waals surface area contributed by atoms with E-state index >= 15 is 0 Å². The molecule has 0 spiro atoms. The first-order valence-corrected chi connectivity index (χ1v) is 15.3. The predicted octanol–water partition coefficient (Wildman–Crippen LogP) is 5.87. The Morgan fingerprint density at radius 1 is 1.02 bits per heavy atom. The number of thiazole rings is 1. The third-order valence-electron chi connectivity index (χ3n) is 7.29. The maximum Gasteiger partial charge on any atom is 0.308 e. The number of anilines is 2. The van der Waals surface area contributed by atoms with Crippen LogP contribution in [0.3, 0.4) is 0 Å². The highest BCUT2D eigenvalue weighted by Gasteiger charge is 2.57. The number of benzene rings is 3. The molecule has 0 aliphatic carbocycles. The van der Waals surface area contributed by atoms with Gasteiger partial charge in [0.2, 0.25) is 17.7 Å². The van der Waals surface area contributed by atoms with Crippen LogP contribution in [0.25, 0.3) is 0 Å². The predicted molar refractivity (Wildman–Crippen MR) is 165 cm³/mol. The molecule has 6 rings (SSSR count). The lowest BCUT2D eigenvalue weighted by Gasteiger charge is -2.31. The first kappa shape index (κ1) is 29.1. The number of aryl methyl sites for hydroxylation is 1. The maximum absolute atomic E-state index is 14.0. The number of hydrogen-bond acceptors (Lipinski definition) is 8. The summed E-state index contributed by atoms with van der Waals surface area (Å²) in [7, 11) is 0. The smallest absolute Gasteiger partial charge is 0.308 e. The highest BCUT2D eigenvalue weighted by Crippen LogP contribution is 2.55. The normalized spacial score (nSPS) is 19.2. The van der Waals surface area contributed by atoms with E-state index in [2.05, 4.69) is 5.32 Å².